The third kappa shape index (κ3) is 5.01. The molecule has 0 saturated carbocycles. The van der Waals surface area contributed by atoms with Crippen LogP contribution in [-0.2, 0) is 6.42 Å². The minimum atomic E-state index is 0.0605. The number of aryl methyl sites for hydroxylation is 1. The first-order valence-electron chi connectivity index (χ1n) is 9.49. The molecular formula is C22H28N2O3. The van der Waals surface area contributed by atoms with Gasteiger partial charge in [0.1, 0.15) is 11.5 Å². The van der Waals surface area contributed by atoms with Gasteiger partial charge in [-0.1, -0.05) is 24.3 Å². The molecule has 144 valence electrons. The molecule has 0 aliphatic carbocycles. The molecule has 0 atom stereocenters. The molecule has 1 saturated heterocycles. The quantitative estimate of drug-likeness (QED) is 0.753. The van der Waals surface area contributed by atoms with Gasteiger partial charge in [0.25, 0.3) is 5.91 Å². The third-order valence-corrected chi connectivity index (χ3v) is 5.10. The molecule has 5 nitrogen and oxygen atoms in total. The van der Waals surface area contributed by atoms with E-state index in [2.05, 4.69) is 17.0 Å². The van der Waals surface area contributed by atoms with Gasteiger partial charge in [-0.05, 0) is 49.2 Å². The lowest BCUT2D eigenvalue weighted by Crippen LogP contribution is -2.48. The number of nitrogens with zero attached hydrogens (tertiary/aromatic N) is 2. The number of carbonyl (C=O) groups excluding carboxylic acids is 1. The van der Waals surface area contributed by atoms with Crippen LogP contribution >= 0.6 is 0 Å². The van der Waals surface area contributed by atoms with Crippen molar-refractivity contribution in [3.63, 3.8) is 0 Å². The second-order valence-corrected chi connectivity index (χ2v) is 6.79. The Morgan fingerprint density at radius 1 is 0.926 bits per heavy atom. The van der Waals surface area contributed by atoms with E-state index in [1.165, 1.54) is 5.56 Å². The van der Waals surface area contributed by atoms with E-state index in [1.807, 2.05) is 41.3 Å². The number of amides is 1. The number of rotatable bonds is 7. The van der Waals surface area contributed by atoms with Crippen molar-refractivity contribution < 1.29 is 14.3 Å². The molecule has 1 fully saturated rings. The van der Waals surface area contributed by atoms with Crippen molar-refractivity contribution >= 4 is 5.91 Å². The van der Waals surface area contributed by atoms with Gasteiger partial charge in [0.15, 0.2) is 0 Å². The lowest BCUT2D eigenvalue weighted by Gasteiger charge is -2.35. The van der Waals surface area contributed by atoms with E-state index in [4.69, 9.17) is 9.47 Å². The number of para-hydroxylation sites is 1. The number of ether oxygens (including phenoxy) is 2. The summed E-state index contributed by atoms with van der Waals surface area (Å²) in [6.45, 7) is 4.43. The van der Waals surface area contributed by atoms with Gasteiger partial charge in [-0.3, -0.25) is 9.69 Å². The van der Waals surface area contributed by atoms with Gasteiger partial charge >= 0.3 is 0 Å². The Morgan fingerprint density at radius 2 is 1.63 bits per heavy atom. The molecule has 0 unspecified atom stereocenters. The average Bonchev–Trinajstić information content (AvgIpc) is 2.74. The van der Waals surface area contributed by atoms with Crippen molar-refractivity contribution in [2.75, 3.05) is 46.9 Å². The summed E-state index contributed by atoms with van der Waals surface area (Å²) in [6.07, 6.45) is 2.18. The van der Waals surface area contributed by atoms with E-state index >= 15 is 0 Å². The summed E-state index contributed by atoms with van der Waals surface area (Å²) in [4.78, 5) is 17.1. The number of hydrogen-bond donors (Lipinski definition) is 0. The summed E-state index contributed by atoms with van der Waals surface area (Å²) >= 11 is 0. The second kappa shape index (κ2) is 9.42. The number of benzene rings is 2. The first-order chi connectivity index (χ1) is 13.2. The van der Waals surface area contributed by atoms with Crippen molar-refractivity contribution in [1.82, 2.24) is 9.80 Å². The van der Waals surface area contributed by atoms with E-state index in [1.54, 1.807) is 14.2 Å². The monoisotopic (exact) mass is 368 g/mol. The highest BCUT2D eigenvalue weighted by molar-refractivity contribution is 5.97. The highest BCUT2D eigenvalue weighted by atomic mass is 16.5. The van der Waals surface area contributed by atoms with Crippen molar-refractivity contribution in [2.24, 2.45) is 0 Å². The minimum absolute atomic E-state index is 0.0605. The molecule has 1 aliphatic rings. The molecule has 0 N–H and O–H groups in total. The maximum Gasteiger partial charge on any atom is 0.257 e. The molecule has 0 spiro atoms. The van der Waals surface area contributed by atoms with Crippen LogP contribution in [0.3, 0.4) is 0 Å². The highest BCUT2D eigenvalue weighted by Crippen LogP contribution is 2.20. The van der Waals surface area contributed by atoms with Crippen LogP contribution in [0.15, 0.2) is 48.5 Å². The van der Waals surface area contributed by atoms with Crippen LogP contribution in [0.4, 0.5) is 0 Å². The largest absolute Gasteiger partial charge is 0.497 e. The number of carbonyl (C=O) groups is 1. The van der Waals surface area contributed by atoms with Gasteiger partial charge in [0.2, 0.25) is 0 Å². The van der Waals surface area contributed by atoms with Gasteiger partial charge in [-0.15, -0.1) is 0 Å². The predicted molar refractivity (Wildman–Crippen MR) is 107 cm³/mol. The van der Waals surface area contributed by atoms with Crippen LogP contribution in [0.25, 0.3) is 0 Å². The Bertz CT molecular complexity index is 737. The summed E-state index contributed by atoms with van der Waals surface area (Å²) in [6, 6.07) is 15.7. The Kier molecular flexibility index (Phi) is 6.71. The number of hydrogen-bond acceptors (Lipinski definition) is 4. The molecule has 2 aromatic carbocycles. The fraction of sp³-hybridized carbons (Fsp3) is 0.409. The Morgan fingerprint density at radius 3 is 2.30 bits per heavy atom. The van der Waals surface area contributed by atoms with E-state index in [9.17, 15) is 4.79 Å². The van der Waals surface area contributed by atoms with Crippen molar-refractivity contribution in [1.29, 1.82) is 0 Å². The number of methoxy groups -OCH3 is 2. The van der Waals surface area contributed by atoms with Crippen LogP contribution in [0.5, 0.6) is 11.5 Å². The smallest absolute Gasteiger partial charge is 0.257 e. The maximum absolute atomic E-state index is 12.8. The summed E-state index contributed by atoms with van der Waals surface area (Å²) < 4.78 is 10.5. The van der Waals surface area contributed by atoms with E-state index < -0.39 is 0 Å². The van der Waals surface area contributed by atoms with E-state index in [0.29, 0.717) is 11.3 Å². The number of piperazine rings is 1. The first kappa shape index (κ1) is 19.2. The molecule has 3 rings (SSSR count). The highest BCUT2D eigenvalue weighted by Gasteiger charge is 2.23. The van der Waals surface area contributed by atoms with Gasteiger partial charge in [-0.2, -0.15) is 0 Å². The molecule has 2 aromatic rings. The SMILES string of the molecule is COc1ccc(CCCN2CCN(C(=O)c3ccccc3OC)CC2)cc1. The molecular weight excluding hydrogens is 340 g/mol. The molecule has 27 heavy (non-hydrogen) atoms. The van der Waals surface area contributed by atoms with Gasteiger partial charge in [0, 0.05) is 26.2 Å². The molecule has 0 aromatic heterocycles. The molecule has 1 heterocycles. The lowest BCUT2D eigenvalue weighted by atomic mass is 10.1. The summed E-state index contributed by atoms with van der Waals surface area (Å²) in [5, 5.41) is 0. The van der Waals surface area contributed by atoms with Gasteiger partial charge < -0.3 is 14.4 Å². The third-order valence-electron chi connectivity index (χ3n) is 5.10. The first-order valence-corrected chi connectivity index (χ1v) is 9.49. The predicted octanol–water partition coefficient (Wildman–Crippen LogP) is 3.09. The zero-order valence-corrected chi connectivity index (χ0v) is 16.2. The van der Waals surface area contributed by atoms with E-state index in [0.717, 1.165) is 51.3 Å². The van der Waals surface area contributed by atoms with Crippen LogP contribution in [0, 0.1) is 0 Å². The molecule has 0 radical (unpaired) electrons. The van der Waals surface area contributed by atoms with Gasteiger partial charge in [0.05, 0.1) is 19.8 Å². The van der Waals surface area contributed by atoms with E-state index in [-0.39, 0.29) is 5.91 Å². The zero-order valence-electron chi connectivity index (χ0n) is 16.2. The molecule has 0 bridgehead atoms. The molecule has 1 aliphatic heterocycles. The summed E-state index contributed by atoms with van der Waals surface area (Å²) in [5.41, 5.74) is 1.98. The zero-order chi connectivity index (χ0) is 19.1. The summed E-state index contributed by atoms with van der Waals surface area (Å²) in [7, 11) is 3.29. The maximum atomic E-state index is 12.8. The normalized spacial score (nSPS) is 14.8. The molecule has 5 heteroatoms. The van der Waals surface area contributed by atoms with Crippen molar-refractivity contribution in [3.8, 4) is 11.5 Å². The fourth-order valence-corrected chi connectivity index (χ4v) is 3.47. The van der Waals surface area contributed by atoms with Gasteiger partial charge in [-0.25, -0.2) is 0 Å². The Labute approximate surface area is 161 Å². The molecule has 1 amide bonds. The van der Waals surface area contributed by atoms with Crippen LogP contribution < -0.4 is 9.47 Å². The van der Waals surface area contributed by atoms with Crippen LogP contribution in [0.2, 0.25) is 0 Å². The lowest BCUT2D eigenvalue weighted by molar-refractivity contribution is 0.0633. The fourth-order valence-electron chi connectivity index (χ4n) is 3.47. The minimum Gasteiger partial charge on any atom is -0.497 e. The van der Waals surface area contributed by atoms with Crippen LogP contribution in [-0.4, -0.2) is 62.7 Å². The summed E-state index contributed by atoms with van der Waals surface area (Å²) in [5.74, 6) is 1.60. The second-order valence-electron chi connectivity index (χ2n) is 6.79. The topological polar surface area (TPSA) is 42.0 Å². The standard InChI is InChI=1S/C22H28N2O3/c1-26-19-11-9-18(10-12-19)6-5-13-23-14-16-24(17-15-23)22(25)20-7-3-4-8-21(20)27-2/h3-4,7-12H,5-6,13-17H2,1-2H3. The Balaban J connectivity index is 1.44. The Hall–Kier alpha value is -2.53. The van der Waals surface area contributed by atoms with Crippen molar-refractivity contribution in [3.05, 3.63) is 59.7 Å². The van der Waals surface area contributed by atoms with Crippen LogP contribution in [0.1, 0.15) is 22.3 Å². The average molecular weight is 368 g/mol. The van der Waals surface area contributed by atoms with Crippen molar-refractivity contribution in [2.45, 2.75) is 12.8 Å².